The molecule has 5 N–H and O–H groups in total. The Kier molecular flexibility index (Phi) is 5.09. The molecule has 0 saturated carbocycles. The van der Waals surface area contributed by atoms with E-state index in [-0.39, 0.29) is 17.7 Å². The molecule has 8 nitrogen and oxygen atoms in total. The molecule has 4 atom stereocenters. The maximum Gasteiger partial charge on any atom is 0.294 e. The summed E-state index contributed by atoms with van der Waals surface area (Å²) in [6, 6.07) is 4.31. The Morgan fingerprint density at radius 1 is 1.21 bits per heavy atom. The van der Waals surface area contributed by atoms with E-state index < -0.39 is 40.3 Å². The van der Waals surface area contributed by atoms with Gasteiger partial charge in [-0.2, -0.15) is 8.42 Å². The third-order valence-corrected chi connectivity index (χ3v) is 5.03. The summed E-state index contributed by atoms with van der Waals surface area (Å²) >= 11 is 0. The molecule has 9 heteroatoms. The third kappa shape index (κ3) is 3.33. The van der Waals surface area contributed by atoms with Crippen LogP contribution < -0.4 is 6.15 Å². The number of benzene rings is 1. The van der Waals surface area contributed by atoms with Gasteiger partial charge in [0.2, 0.25) is 0 Å². The number of aliphatic hydroxyl groups is 1. The van der Waals surface area contributed by atoms with E-state index in [2.05, 4.69) is 0 Å². The van der Waals surface area contributed by atoms with Crippen molar-refractivity contribution >= 4 is 10.1 Å². The lowest BCUT2D eigenvalue weighted by atomic mass is 9.98. The van der Waals surface area contributed by atoms with Crippen molar-refractivity contribution in [2.75, 3.05) is 6.61 Å². The van der Waals surface area contributed by atoms with Gasteiger partial charge in [-0.05, 0) is 44.0 Å². The Morgan fingerprint density at radius 2 is 1.83 bits per heavy atom. The molecule has 1 aromatic carbocycles. The predicted molar refractivity (Wildman–Crippen MR) is 84.5 cm³/mol. The van der Waals surface area contributed by atoms with Crippen LogP contribution >= 0.6 is 0 Å². The van der Waals surface area contributed by atoms with Crippen molar-refractivity contribution in [1.82, 2.24) is 6.15 Å². The van der Waals surface area contributed by atoms with E-state index in [9.17, 15) is 18.1 Å². The third-order valence-electron chi connectivity index (χ3n) is 4.18. The first-order valence-electron chi connectivity index (χ1n) is 7.32. The standard InChI is InChI=1S/C15H20O7S.H3N/c1-8-4-5-9(23(17,18)19)6-10(8)12-14-13(11(7-16)20-12)21-15(2,3)22-14;/h4-6,11-14,16H,7H2,1-3H3,(H,17,18,19);1H3/t11-,12?,13-,14+;/m1./s1. The van der Waals surface area contributed by atoms with E-state index in [1.54, 1.807) is 19.9 Å². The number of aliphatic hydroxyl groups excluding tert-OH is 1. The number of hydrogen-bond donors (Lipinski definition) is 3. The van der Waals surface area contributed by atoms with Crippen molar-refractivity contribution in [2.24, 2.45) is 0 Å². The molecule has 0 aliphatic carbocycles. The molecule has 1 unspecified atom stereocenters. The van der Waals surface area contributed by atoms with Crippen molar-refractivity contribution in [3.63, 3.8) is 0 Å². The second kappa shape index (κ2) is 6.34. The van der Waals surface area contributed by atoms with Crippen LogP contribution in [0.15, 0.2) is 23.1 Å². The highest BCUT2D eigenvalue weighted by molar-refractivity contribution is 7.85. The molecule has 136 valence electrons. The van der Waals surface area contributed by atoms with Crippen LogP contribution in [0.2, 0.25) is 0 Å². The molecule has 2 fully saturated rings. The van der Waals surface area contributed by atoms with Gasteiger partial charge in [-0.25, -0.2) is 0 Å². The van der Waals surface area contributed by atoms with Crippen LogP contribution in [0.25, 0.3) is 0 Å². The summed E-state index contributed by atoms with van der Waals surface area (Å²) in [6.45, 7) is 5.14. The van der Waals surface area contributed by atoms with Gasteiger partial charge in [-0.1, -0.05) is 6.07 Å². The Balaban J connectivity index is 0.00000208. The summed E-state index contributed by atoms with van der Waals surface area (Å²) < 4.78 is 49.5. The van der Waals surface area contributed by atoms with E-state index in [0.29, 0.717) is 5.56 Å². The molecule has 0 amide bonds. The normalized spacial score (nSPS) is 31.5. The molecule has 2 heterocycles. The average molecular weight is 361 g/mol. The van der Waals surface area contributed by atoms with E-state index in [4.69, 9.17) is 14.2 Å². The summed E-state index contributed by atoms with van der Waals surface area (Å²) in [6.07, 6.45) is -2.03. The topological polar surface area (TPSA) is 137 Å². The monoisotopic (exact) mass is 361 g/mol. The minimum Gasteiger partial charge on any atom is -0.394 e. The van der Waals surface area contributed by atoms with Crippen LogP contribution in [0.4, 0.5) is 0 Å². The molecule has 24 heavy (non-hydrogen) atoms. The molecule has 0 aromatic heterocycles. The lowest BCUT2D eigenvalue weighted by Crippen LogP contribution is -2.31. The van der Waals surface area contributed by atoms with Gasteiger partial charge in [0.15, 0.2) is 5.79 Å². The molecular weight excluding hydrogens is 338 g/mol. The number of aryl methyl sites for hydroxylation is 1. The highest BCUT2D eigenvalue weighted by Gasteiger charge is 2.55. The summed E-state index contributed by atoms with van der Waals surface area (Å²) in [7, 11) is -4.31. The van der Waals surface area contributed by atoms with Gasteiger partial charge in [0.05, 0.1) is 11.5 Å². The second-order valence-corrected chi connectivity index (χ2v) is 7.76. The molecule has 1 aromatic rings. The Bertz CT molecular complexity index is 719. The van der Waals surface area contributed by atoms with Crippen LogP contribution in [0.5, 0.6) is 0 Å². The average Bonchev–Trinajstić information content (AvgIpc) is 2.91. The Labute approximate surface area is 141 Å². The lowest BCUT2D eigenvalue weighted by molar-refractivity contribution is -0.191. The van der Waals surface area contributed by atoms with Crippen LogP contribution in [0.1, 0.15) is 31.1 Å². The van der Waals surface area contributed by atoms with Gasteiger partial charge < -0.3 is 25.5 Å². The first kappa shape index (κ1) is 19.3. The van der Waals surface area contributed by atoms with Gasteiger partial charge in [-0.15, -0.1) is 0 Å². The van der Waals surface area contributed by atoms with Crippen molar-refractivity contribution in [3.8, 4) is 0 Å². The zero-order valence-electron chi connectivity index (χ0n) is 13.8. The summed E-state index contributed by atoms with van der Waals surface area (Å²) in [4.78, 5) is -0.205. The summed E-state index contributed by atoms with van der Waals surface area (Å²) in [5.74, 6) is -0.806. The fraction of sp³-hybridized carbons (Fsp3) is 0.600. The van der Waals surface area contributed by atoms with Gasteiger partial charge >= 0.3 is 0 Å². The highest BCUT2D eigenvalue weighted by atomic mass is 32.2. The maximum absolute atomic E-state index is 11.4. The van der Waals surface area contributed by atoms with Gasteiger partial charge in [0.25, 0.3) is 10.1 Å². The largest absolute Gasteiger partial charge is 0.394 e. The lowest BCUT2D eigenvalue weighted by Gasteiger charge is -2.24. The second-order valence-electron chi connectivity index (χ2n) is 6.34. The zero-order chi connectivity index (χ0) is 17.0. The SMILES string of the molecule is Cc1ccc(S(=O)(=O)O)cc1C1O[C@H](CO)[C@H]2OC(C)(C)O[C@@H]12.N. The van der Waals surface area contributed by atoms with Crippen LogP contribution in [-0.4, -0.2) is 48.8 Å². The number of hydrogen-bond acceptors (Lipinski definition) is 7. The van der Waals surface area contributed by atoms with Crippen molar-refractivity contribution in [2.45, 2.75) is 55.9 Å². The molecule has 3 rings (SSSR count). The Morgan fingerprint density at radius 3 is 2.42 bits per heavy atom. The smallest absolute Gasteiger partial charge is 0.294 e. The van der Waals surface area contributed by atoms with E-state index in [1.807, 2.05) is 6.92 Å². The molecule has 2 aliphatic heterocycles. The molecule has 2 aliphatic rings. The highest BCUT2D eigenvalue weighted by Crippen LogP contribution is 2.45. The van der Waals surface area contributed by atoms with Crippen LogP contribution in [0.3, 0.4) is 0 Å². The van der Waals surface area contributed by atoms with E-state index in [1.165, 1.54) is 12.1 Å². The van der Waals surface area contributed by atoms with Crippen molar-refractivity contribution in [1.29, 1.82) is 0 Å². The quantitative estimate of drug-likeness (QED) is 0.686. The fourth-order valence-electron chi connectivity index (χ4n) is 3.16. The van der Waals surface area contributed by atoms with Gasteiger partial charge in [0.1, 0.15) is 24.4 Å². The van der Waals surface area contributed by atoms with Gasteiger partial charge in [0, 0.05) is 0 Å². The van der Waals surface area contributed by atoms with Gasteiger partial charge in [-0.3, -0.25) is 4.55 Å². The summed E-state index contributed by atoms with van der Waals surface area (Å²) in [5, 5.41) is 9.50. The van der Waals surface area contributed by atoms with Crippen LogP contribution in [-0.2, 0) is 24.3 Å². The molecule has 0 spiro atoms. The van der Waals surface area contributed by atoms with E-state index >= 15 is 0 Å². The first-order valence-corrected chi connectivity index (χ1v) is 8.76. The minimum atomic E-state index is -4.31. The molecule has 0 radical (unpaired) electrons. The number of ether oxygens (including phenoxy) is 3. The first-order chi connectivity index (χ1) is 10.6. The molecular formula is C15H23NO7S. The summed E-state index contributed by atoms with van der Waals surface area (Å²) in [5.41, 5.74) is 1.39. The van der Waals surface area contributed by atoms with Crippen molar-refractivity contribution < 1.29 is 32.3 Å². The maximum atomic E-state index is 11.4. The zero-order valence-corrected chi connectivity index (χ0v) is 14.6. The molecule has 2 saturated heterocycles. The fourth-order valence-corrected chi connectivity index (χ4v) is 3.68. The molecule has 0 bridgehead atoms. The predicted octanol–water partition coefficient (Wildman–Crippen LogP) is 1.36. The minimum absolute atomic E-state index is 0. The number of fused-ring (bicyclic) bond motifs is 1. The Hall–Kier alpha value is -1.07. The van der Waals surface area contributed by atoms with Crippen molar-refractivity contribution in [3.05, 3.63) is 29.3 Å². The van der Waals surface area contributed by atoms with Crippen LogP contribution in [0, 0.1) is 6.92 Å². The number of rotatable bonds is 3. The van der Waals surface area contributed by atoms with E-state index in [0.717, 1.165) is 5.56 Å².